The van der Waals surface area contributed by atoms with Crippen molar-refractivity contribution in [1.29, 1.82) is 0 Å². The summed E-state index contributed by atoms with van der Waals surface area (Å²) in [4.78, 5) is 24.5. The molecular weight excluding hydrogens is 282 g/mol. The van der Waals surface area contributed by atoms with Crippen LogP contribution in [-0.4, -0.2) is 30.6 Å². The zero-order chi connectivity index (χ0) is 15.5. The predicted octanol–water partition coefficient (Wildman–Crippen LogP) is 1.37. The van der Waals surface area contributed by atoms with E-state index in [9.17, 15) is 4.79 Å². The van der Waals surface area contributed by atoms with Gasteiger partial charge in [0.15, 0.2) is 0 Å². The molecule has 1 atom stereocenters. The van der Waals surface area contributed by atoms with Gasteiger partial charge in [0.2, 0.25) is 17.8 Å². The van der Waals surface area contributed by atoms with Crippen LogP contribution in [0.25, 0.3) is 0 Å². The number of hydrogen-bond donors (Lipinski definition) is 2. The number of carbonyl (C=O) groups excluding carboxylic acids is 1. The van der Waals surface area contributed by atoms with Gasteiger partial charge in [-0.1, -0.05) is 0 Å². The van der Waals surface area contributed by atoms with E-state index in [1.165, 1.54) is 0 Å². The Morgan fingerprint density at radius 3 is 2.91 bits per heavy atom. The van der Waals surface area contributed by atoms with Crippen molar-refractivity contribution >= 4 is 29.2 Å². The van der Waals surface area contributed by atoms with E-state index in [1.807, 2.05) is 0 Å². The van der Waals surface area contributed by atoms with Gasteiger partial charge in [0.05, 0.1) is 18.7 Å². The third kappa shape index (κ3) is 2.98. The first kappa shape index (κ1) is 14.2. The quantitative estimate of drug-likeness (QED) is 0.637. The highest BCUT2D eigenvalue weighted by Crippen LogP contribution is 2.25. The van der Waals surface area contributed by atoms with Crippen LogP contribution in [0.1, 0.15) is 19.3 Å². The monoisotopic (exact) mass is 299 g/mol. The fourth-order valence-corrected chi connectivity index (χ4v) is 2.58. The molecule has 0 saturated heterocycles. The zero-order valence-electron chi connectivity index (χ0n) is 12.2. The van der Waals surface area contributed by atoms with Crippen molar-refractivity contribution in [2.75, 3.05) is 7.11 Å². The minimum absolute atomic E-state index is 0.0428. The summed E-state index contributed by atoms with van der Waals surface area (Å²) in [6.07, 6.45) is 2.68. The lowest BCUT2D eigenvalue weighted by Gasteiger charge is -2.17. The van der Waals surface area contributed by atoms with Crippen LogP contribution in [0.4, 0.5) is 5.69 Å². The van der Waals surface area contributed by atoms with Crippen molar-refractivity contribution in [3.63, 3.8) is 0 Å². The summed E-state index contributed by atoms with van der Waals surface area (Å²) in [6.45, 7) is 0. The molecule has 7 nitrogen and oxygen atoms in total. The van der Waals surface area contributed by atoms with Crippen LogP contribution in [-0.2, 0) is 4.79 Å². The van der Waals surface area contributed by atoms with Crippen LogP contribution < -0.4 is 15.8 Å². The topological polar surface area (TPSA) is 101 Å². The molecule has 1 saturated carbocycles. The zero-order valence-corrected chi connectivity index (χ0v) is 12.2. The molecule has 0 bridgehead atoms. The molecule has 1 heterocycles. The van der Waals surface area contributed by atoms with Crippen molar-refractivity contribution in [2.45, 2.75) is 19.3 Å². The first-order chi connectivity index (χ1) is 10.7. The number of guanidine groups is 2. The third-order valence-corrected chi connectivity index (χ3v) is 3.67. The van der Waals surface area contributed by atoms with E-state index in [0.29, 0.717) is 5.69 Å². The Morgan fingerprint density at radius 1 is 1.41 bits per heavy atom. The maximum atomic E-state index is 11.9. The van der Waals surface area contributed by atoms with Gasteiger partial charge in [-0.25, -0.2) is 9.98 Å². The molecule has 7 heteroatoms. The standard InChI is InChI=1S/C15H17N5O2/c1-22-10-7-5-9(6-8-10)17-14(16)20-15-18-12-4-2-3-11(12)13(21)19-15/h5-8,11H,2-4H2,1H3,(H3,16,17,19,20,21). The van der Waals surface area contributed by atoms with Crippen LogP contribution in [0.2, 0.25) is 0 Å². The minimum atomic E-state index is -0.0984. The summed E-state index contributed by atoms with van der Waals surface area (Å²) in [7, 11) is 1.60. The molecule has 1 amide bonds. The van der Waals surface area contributed by atoms with Gasteiger partial charge in [0, 0.05) is 5.71 Å². The predicted molar refractivity (Wildman–Crippen MR) is 84.6 cm³/mol. The number of nitrogens with zero attached hydrogens (tertiary/aromatic N) is 3. The van der Waals surface area contributed by atoms with E-state index in [0.717, 1.165) is 30.7 Å². The fraction of sp³-hybridized carbons (Fsp3) is 0.333. The second-order valence-electron chi connectivity index (χ2n) is 5.14. The van der Waals surface area contributed by atoms with Gasteiger partial charge in [0.25, 0.3) is 0 Å². The highest BCUT2D eigenvalue weighted by atomic mass is 16.5. The van der Waals surface area contributed by atoms with Gasteiger partial charge in [-0.2, -0.15) is 4.99 Å². The number of nitrogens with one attached hydrogen (secondary N) is 1. The molecule has 2 aliphatic rings. The average molecular weight is 299 g/mol. The van der Waals surface area contributed by atoms with Crippen molar-refractivity contribution in [3.05, 3.63) is 24.3 Å². The molecule has 1 aliphatic carbocycles. The maximum absolute atomic E-state index is 11.9. The Balaban J connectivity index is 1.79. The first-order valence-corrected chi connectivity index (χ1v) is 7.11. The smallest absolute Gasteiger partial charge is 0.235 e. The lowest BCUT2D eigenvalue weighted by Crippen LogP contribution is -2.42. The summed E-state index contributed by atoms with van der Waals surface area (Å²) in [5.41, 5.74) is 7.34. The van der Waals surface area contributed by atoms with Crippen LogP contribution in [0.15, 0.2) is 39.2 Å². The molecule has 1 fully saturated rings. The number of amides is 1. The van der Waals surface area contributed by atoms with Gasteiger partial charge in [-0.05, 0) is 43.5 Å². The average Bonchev–Trinajstić information content (AvgIpc) is 2.97. The molecule has 1 aromatic rings. The highest BCUT2D eigenvalue weighted by Gasteiger charge is 2.33. The van der Waals surface area contributed by atoms with Crippen molar-refractivity contribution < 1.29 is 9.53 Å². The van der Waals surface area contributed by atoms with Gasteiger partial charge >= 0.3 is 0 Å². The summed E-state index contributed by atoms with van der Waals surface area (Å²) >= 11 is 0. The van der Waals surface area contributed by atoms with Crippen molar-refractivity contribution in [1.82, 2.24) is 5.32 Å². The van der Waals surface area contributed by atoms with Gasteiger partial charge < -0.3 is 10.5 Å². The molecule has 0 aromatic heterocycles. The molecule has 0 spiro atoms. The summed E-state index contributed by atoms with van der Waals surface area (Å²) in [6, 6.07) is 7.10. The second kappa shape index (κ2) is 5.97. The normalized spacial score (nSPS) is 23.0. The van der Waals surface area contributed by atoms with E-state index in [-0.39, 0.29) is 23.7 Å². The second-order valence-corrected chi connectivity index (χ2v) is 5.14. The van der Waals surface area contributed by atoms with Gasteiger partial charge in [-0.15, -0.1) is 0 Å². The van der Waals surface area contributed by atoms with E-state index >= 15 is 0 Å². The van der Waals surface area contributed by atoms with E-state index in [4.69, 9.17) is 10.5 Å². The number of nitrogens with two attached hydrogens (primary N) is 1. The molecule has 3 N–H and O–H groups in total. The molecule has 22 heavy (non-hydrogen) atoms. The Kier molecular flexibility index (Phi) is 3.86. The van der Waals surface area contributed by atoms with Gasteiger partial charge in [0.1, 0.15) is 5.75 Å². The minimum Gasteiger partial charge on any atom is -0.497 e. The molecule has 0 radical (unpaired) electrons. The van der Waals surface area contributed by atoms with Gasteiger partial charge in [-0.3, -0.25) is 10.1 Å². The van der Waals surface area contributed by atoms with E-state index < -0.39 is 0 Å². The summed E-state index contributed by atoms with van der Waals surface area (Å²) < 4.78 is 5.08. The van der Waals surface area contributed by atoms with Crippen molar-refractivity contribution in [3.8, 4) is 5.75 Å². The largest absolute Gasteiger partial charge is 0.497 e. The number of hydrogen-bond acceptors (Lipinski definition) is 3. The number of aliphatic imine (C=N–C) groups is 3. The van der Waals surface area contributed by atoms with Crippen LogP contribution in [0.5, 0.6) is 5.75 Å². The molecule has 1 aromatic carbocycles. The SMILES string of the molecule is COc1ccc(N=C(N)N=C2N=C3CCCC3C(=O)N2)cc1. The Bertz CT molecular complexity index is 676. The van der Waals surface area contributed by atoms with E-state index in [1.54, 1.807) is 31.4 Å². The number of ether oxygens (including phenoxy) is 1. The highest BCUT2D eigenvalue weighted by molar-refractivity contribution is 6.19. The Hall–Kier alpha value is -2.70. The van der Waals surface area contributed by atoms with E-state index in [2.05, 4.69) is 20.3 Å². The number of carbonyl (C=O) groups is 1. The summed E-state index contributed by atoms with van der Waals surface area (Å²) in [5.74, 6) is 0.841. The third-order valence-electron chi connectivity index (χ3n) is 3.67. The molecule has 1 unspecified atom stereocenters. The number of fused-ring (bicyclic) bond motifs is 1. The van der Waals surface area contributed by atoms with Crippen LogP contribution in [0, 0.1) is 5.92 Å². The van der Waals surface area contributed by atoms with Crippen molar-refractivity contribution in [2.24, 2.45) is 26.6 Å². The molecular formula is C15H17N5O2. The lowest BCUT2D eigenvalue weighted by atomic mass is 10.0. The summed E-state index contributed by atoms with van der Waals surface area (Å²) in [5, 5.41) is 2.67. The number of rotatable bonds is 2. The number of methoxy groups -OCH3 is 1. The Morgan fingerprint density at radius 2 is 2.18 bits per heavy atom. The maximum Gasteiger partial charge on any atom is 0.235 e. The molecule has 3 rings (SSSR count). The van der Waals surface area contributed by atoms with Crippen LogP contribution in [0.3, 0.4) is 0 Å². The lowest BCUT2D eigenvalue weighted by molar-refractivity contribution is -0.121. The molecule has 1 aliphatic heterocycles. The number of benzene rings is 1. The molecule has 114 valence electrons. The van der Waals surface area contributed by atoms with Crippen LogP contribution >= 0.6 is 0 Å². The Labute approximate surface area is 128 Å². The first-order valence-electron chi connectivity index (χ1n) is 7.11. The fourth-order valence-electron chi connectivity index (χ4n) is 2.58.